The molecule has 0 spiro atoms. The molecular weight excluding hydrogens is 328 g/mol. The molecule has 0 unspecified atom stereocenters. The lowest BCUT2D eigenvalue weighted by atomic mass is 10.0. The van der Waals surface area contributed by atoms with Gasteiger partial charge in [0, 0.05) is 10.7 Å². The van der Waals surface area contributed by atoms with Crippen LogP contribution in [0.15, 0.2) is 47.1 Å². The molecule has 1 heterocycles. The Morgan fingerprint density at radius 2 is 1.81 bits per heavy atom. The molecule has 1 aromatic heterocycles. The third-order valence-electron chi connectivity index (χ3n) is 3.03. The number of aromatic nitrogens is 1. The number of carbonyl (C=O) groups is 1. The lowest BCUT2D eigenvalue weighted by Gasteiger charge is -2.07. The van der Waals surface area contributed by atoms with Gasteiger partial charge < -0.3 is 5.32 Å². The van der Waals surface area contributed by atoms with Crippen molar-refractivity contribution >= 4 is 27.7 Å². The van der Waals surface area contributed by atoms with Gasteiger partial charge in [0.2, 0.25) is 5.91 Å². The molecule has 0 aliphatic heterocycles. The van der Waals surface area contributed by atoms with Crippen LogP contribution in [0.2, 0.25) is 0 Å². The molecule has 0 fully saturated rings. The number of hydrogen-bond acceptors (Lipinski definition) is 2. The number of pyridine rings is 1. The maximum Gasteiger partial charge on any atom is 0.229 e. The maximum absolute atomic E-state index is 12.0. The molecule has 4 heteroatoms. The van der Waals surface area contributed by atoms with Crippen LogP contribution < -0.4 is 5.32 Å². The van der Waals surface area contributed by atoms with E-state index >= 15 is 0 Å². The zero-order valence-corrected chi connectivity index (χ0v) is 13.9. The van der Waals surface area contributed by atoms with Crippen LogP contribution in [0.3, 0.4) is 0 Å². The maximum atomic E-state index is 12.0. The smallest absolute Gasteiger partial charge is 0.229 e. The molecule has 1 amide bonds. The second-order valence-corrected chi connectivity index (χ2v) is 6.42. The van der Waals surface area contributed by atoms with E-state index in [1.54, 1.807) is 12.3 Å². The SMILES string of the molecule is CC(C)Cc1ccc(CC(=O)Nc2ccc(Br)cn2)cc1. The van der Waals surface area contributed by atoms with Crippen molar-refractivity contribution in [1.82, 2.24) is 4.98 Å². The lowest BCUT2D eigenvalue weighted by Crippen LogP contribution is -2.15. The minimum atomic E-state index is -0.0542. The van der Waals surface area contributed by atoms with Crippen LogP contribution >= 0.6 is 15.9 Å². The van der Waals surface area contributed by atoms with E-state index in [1.807, 2.05) is 18.2 Å². The number of hydrogen-bond donors (Lipinski definition) is 1. The molecule has 21 heavy (non-hydrogen) atoms. The van der Waals surface area contributed by atoms with Crippen molar-refractivity contribution in [1.29, 1.82) is 0 Å². The average Bonchev–Trinajstić information content (AvgIpc) is 2.43. The minimum Gasteiger partial charge on any atom is -0.310 e. The zero-order valence-electron chi connectivity index (χ0n) is 12.3. The number of nitrogens with zero attached hydrogens (tertiary/aromatic N) is 1. The van der Waals surface area contributed by atoms with Crippen molar-refractivity contribution in [2.75, 3.05) is 5.32 Å². The summed E-state index contributed by atoms with van der Waals surface area (Å²) in [4.78, 5) is 16.1. The van der Waals surface area contributed by atoms with Crippen molar-refractivity contribution in [3.05, 3.63) is 58.2 Å². The van der Waals surface area contributed by atoms with E-state index in [2.05, 4.69) is 52.2 Å². The van der Waals surface area contributed by atoms with Gasteiger partial charge in [-0.15, -0.1) is 0 Å². The molecule has 0 saturated heterocycles. The van der Waals surface area contributed by atoms with Crippen LogP contribution in [0.25, 0.3) is 0 Å². The van der Waals surface area contributed by atoms with Crippen LogP contribution in [-0.2, 0) is 17.6 Å². The third-order valence-corrected chi connectivity index (χ3v) is 3.50. The first-order valence-corrected chi connectivity index (χ1v) is 7.81. The first-order chi connectivity index (χ1) is 10.0. The molecule has 2 rings (SSSR count). The number of amides is 1. The summed E-state index contributed by atoms with van der Waals surface area (Å²) in [7, 11) is 0. The predicted molar refractivity (Wildman–Crippen MR) is 89.3 cm³/mol. The highest BCUT2D eigenvalue weighted by Crippen LogP contribution is 2.12. The molecule has 0 atom stereocenters. The summed E-state index contributed by atoms with van der Waals surface area (Å²) in [6.45, 7) is 4.40. The fourth-order valence-corrected chi connectivity index (χ4v) is 2.32. The van der Waals surface area contributed by atoms with Crippen molar-refractivity contribution in [3.63, 3.8) is 0 Å². The Balaban J connectivity index is 1.91. The monoisotopic (exact) mass is 346 g/mol. The number of rotatable bonds is 5. The largest absolute Gasteiger partial charge is 0.310 e. The number of anilines is 1. The molecular formula is C17H19BrN2O. The summed E-state index contributed by atoms with van der Waals surface area (Å²) >= 11 is 3.31. The Morgan fingerprint density at radius 3 is 2.38 bits per heavy atom. The van der Waals surface area contributed by atoms with Gasteiger partial charge in [-0.2, -0.15) is 0 Å². The normalized spacial score (nSPS) is 10.7. The van der Waals surface area contributed by atoms with E-state index < -0.39 is 0 Å². The van der Waals surface area contributed by atoms with Crippen LogP contribution in [0.1, 0.15) is 25.0 Å². The van der Waals surface area contributed by atoms with Gasteiger partial charge in [0.25, 0.3) is 0 Å². The summed E-state index contributed by atoms with van der Waals surface area (Å²) < 4.78 is 0.890. The Morgan fingerprint density at radius 1 is 1.14 bits per heavy atom. The van der Waals surface area contributed by atoms with Gasteiger partial charge in [0.15, 0.2) is 0 Å². The average molecular weight is 347 g/mol. The molecule has 0 aliphatic rings. The van der Waals surface area contributed by atoms with Crippen LogP contribution in [-0.4, -0.2) is 10.9 Å². The van der Waals surface area contributed by atoms with E-state index in [4.69, 9.17) is 0 Å². The summed E-state index contributed by atoms with van der Waals surface area (Å²) in [5.41, 5.74) is 2.32. The fraction of sp³-hybridized carbons (Fsp3) is 0.294. The molecule has 3 nitrogen and oxygen atoms in total. The van der Waals surface area contributed by atoms with E-state index in [0.717, 1.165) is 16.5 Å². The van der Waals surface area contributed by atoms with Gasteiger partial charge in [-0.25, -0.2) is 4.98 Å². The van der Waals surface area contributed by atoms with E-state index in [0.29, 0.717) is 18.2 Å². The summed E-state index contributed by atoms with van der Waals surface area (Å²) in [5.74, 6) is 1.16. The molecule has 0 bridgehead atoms. The van der Waals surface area contributed by atoms with Crippen molar-refractivity contribution in [2.24, 2.45) is 5.92 Å². The Kier molecular flexibility index (Phi) is 5.51. The Hall–Kier alpha value is -1.68. The van der Waals surface area contributed by atoms with Crippen LogP contribution in [0, 0.1) is 5.92 Å². The quantitative estimate of drug-likeness (QED) is 0.880. The van der Waals surface area contributed by atoms with Crippen molar-refractivity contribution in [2.45, 2.75) is 26.7 Å². The third kappa shape index (κ3) is 5.31. The molecule has 110 valence electrons. The van der Waals surface area contributed by atoms with Crippen LogP contribution in [0.4, 0.5) is 5.82 Å². The molecule has 0 saturated carbocycles. The van der Waals surface area contributed by atoms with Gasteiger partial charge in [-0.1, -0.05) is 38.1 Å². The van der Waals surface area contributed by atoms with Gasteiger partial charge in [0.1, 0.15) is 5.82 Å². The molecule has 1 aromatic carbocycles. The van der Waals surface area contributed by atoms with E-state index in [9.17, 15) is 4.79 Å². The molecule has 2 aromatic rings. The summed E-state index contributed by atoms with van der Waals surface area (Å²) in [6.07, 6.45) is 3.09. The Bertz CT molecular complexity index is 591. The standard InChI is InChI=1S/C17H19BrN2O/c1-12(2)9-13-3-5-14(6-4-13)10-17(21)20-16-8-7-15(18)11-19-16/h3-8,11-12H,9-10H2,1-2H3,(H,19,20,21). The van der Waals surface area contributed by atoms with Gasteiger partial charge in [0.05, 0.1) is 6.42 Å². The molecule has 0 radical (unpaired) electrons. The van der Waals surface area contributed by atoms with E-state index in [1.165, 1.54) is 5.56 Å². The van der Waals surface area contributed by atoms with Gasteiger partial charge in [-0.05, 0) is 51.5 Å². The Labute approximate surface area is 133 Å². The lowest BCUT2D eigenvalue weighted by molar-refractivity contribution is -0.115. The number of carbonyl (C=O) groups excluding carboxylic acids is 1. The first-order valence-electron chi connectivity index (χ1n) is 7.02. The fourth-order valence-electron chi connectivity index (χ4n) is 2.09. The summed E-state index contributed by atoms with van der Waals surface area (Å²) in [5, 5.41) is 2.79. The topological polar surface area (TPSA) is 42.0 Å². The van der Waals surface area contributed by atoms with Gasteiger partial charge in [-0.3, -0.25) is 4.79 Å². The van der Waals surface area contributed by atoms with Crippen LogP contribution in [0.5, 0.6) is 0 Å². The zero-order chi connectivity index (χ0) is 15.2. The van der Waals surface area contributed by atoms with Gasteiger partial charge >= 0.3 is 0 Å². The second kappa shape index (κ2) is 7.36. The predicted octanol–water partition coefficient (Wildman–Crippen LogP) is 4.22. The van der Waals surface area contributed by atoms with Crippen molar-refractivity contribution < 1.29 is 4.79 Å². The highest BCUT2D eigenvalue weighted by molar-refractivity contribution is 9.10. The molecule has 1 N–H and O–H groups in total. The number of benzene rings is 1. The second-order valence-electron chi connectivity index (χ2n) is 5.50. The van der Waals surface area contributed by atoms with Crippen molar-refractivity contribution in [3.8, 4) is 0 Å². The first kappa shape index (κ1) is 15.7. The van der Waals surface area contributed by atoms with E-state index in [-0.39, 0.29) is 5.91 Å². The highest BCUT2D eigenvalue weighted by atomic mass is 79.9. The summed E-state index contributed by atoms with van der Waals surface area (Å²) in [6, 6.07) is 11.9. The molecule has 0 aliphatic carbocycles. The minimum absolute atomic E-state index is 0.0542. The number of nitrogens with one attached hydrogen (secondary N) is 1. The number of halogens is 1. The highest BCUT2D eigenvalue weighted by Gasteiger charge is 2.05.